The van der Waals surface area contributed by atoms with Crippen LogP contribution in [0.25, 0.3) is 17.1 Å². The van der Waals surface area contributed by atoms with Crippen molar-refractivity contribution in [2.75, 3.05) is 12.3 Å². The number of aromatic nitrogens is 3. The summed E-state index contributed by atoms with van der Waals surface area (Å²) < 4.78 is 7.00. The molecule has 1 aromatic carbocycles. The van der Waals surface area contributed by atoms with Crippen molar-refractivity contribution in [1.29, 1.82) is 0 Å². The fourth-order valence-corrected chi connectivity index (χ4v) is 2.27. The van der Waals surface area contributed by atoms with E-state index in [1.807, 2.05) is 30.3 Å². The van der Waals surface area contributed by atoms with Crippen LogP contribution in [0.3, 0.4) is 0 Å². The van der Waals surface area contributed by atoms with Gasteiger partial charge in [0.15, 0.2) is 5.69 Å². The molecule has 3 rings (SSSR count). The van der Waals surface area contributed by atoms with Crippen LogP contribution in [0.5, 0.6) is 0 Å². The zero-order chi connectivity index (χ0) is 16.9. The van der Waals surface area contributed by atoms with Crippen molar-refractivity contribution in [3.63, 3.8) is 0 Å². The minimum absolute atomic E-state index is 0.230. The molecule has 0 unspecified atom stereocenters. The number of unbranched alkanes of at least 4 members (excludes halogenated alkanes) is 1. The summed E-state index contributed by atoms with van der Waals surface area (Å²) in [5, 5.41) is 7.07. The first-order valence-electron chi connectivity index (χ1n) is 7.83. The van der Waals surface area contributed by atoms with Crippen molar-refractivity contribution >= 4 is 11.7 Å². The van der Waals surface area contributed by atoms with Crippen molar-refractivity contribution in [1.82, 2.24) is 20.1 Å². The second kappa shape index (κ2) is 6.99. The number of amides is 1. The van der Waals surface area contributed by atoms with E-state index in [9.17, 15) is 4.79 Å². The number of carbonyl (C=O) groups is 1. The number of nitrogen functional groups attached to an aromatic ring is 1. The molecule has 7 nitrogen and oxygen atoms in total. The van der Waals surface area contributed by atoms with Gasteiger partial charge in [-0.2, -0.15) is 5.10 Å². The lowest BCUT2D eigenvalue weighted by atomic mass is 10.3. The molecule has 0 saturated carbocycles. The van der Waals surface area contributed by atoms with Crippen molar-refractivity contribution in [2.45, 2.75) is 19.8 Å². The molecule has 124 valence electrons. The van der Waals surface area contributed by atoms with E-state index in [0.29, 0.717) is 17.9 Å². The molecule has 3 aromatic rings. The van der Waals surface area contributed by atoms with Gasteiger partial charge in [-0.15, -0.1) is 0 Å². The van der Waals surface area contributed by atoms with E-state index in [0.717, 1.165) is 18.5 Å². The SMILES string of the molecule is CCCCNC(=O)c1coc(-c2cnn(-c3ccccc3)c2N)n1. The van der Waals surface area contributed by atoms with Crippen molar-refractivity contribution < 1.29 is 9.21 Å². The lowest BCUT2D eigenvalue weighted by Gasteiger charge is -2.03. The Morgan fingerprint density at radius 3 is 2.88 bits per heavy atom. The summed E-state index contributed by atoms with van der Waals surface area (Å²) >= 11 is 0. The average Bonchev–Trinajstić information content (AvgIpc) is 3.22. The summed E-state index contributed by atoms with van der Waals surface area (Å²) in [6.45, 7) is 2.68. The van der Waals surface area contributed by atoms with Gasteiger partial charge in [0.05, 0.1) is 17.4 Å². The molecular formula is C17H19N5O2. The molecule has 3 N–H and O–H groups in total. The highest BCUT2D eigenvalue weighted by Gasteiger charge is 2.18. The van der Waals surface area contributed by atoms with E-state index in [-0.39, 0.29) is 17.5 Å². The van der Waals surface area contributed by atoms with Gasteiger partial charge in [-0.05, 0) is 18.6 Å². The fraction of sp³-hybridized carbons (Fsp3) is 0.235. The molecule has 24 heavy (non-hydrogen) atoms. The maximum absolute atomic E-state index is 12.0. The van der Waals surface area contributed by atoms with Crippen LogP contribution in [0.2, 0.25) is 0 Å². The zero-order valence-electron chi connectivity index (χ0n) is 13.4. The number of benzene rings is 1. The predicted molar refractivity (Wildman–Crippen MR) is 90.7 cm³/mol. The lowest BCUT2D eigenvalue weighted by molar-refractivity contribution is 0.0948. The van der Waals surface area contributed by atoms with E-state index in [2.05, 4.69) is 22.3 Å². The molecule has 2 aromatic heterocycles. The van der Waals surface area contributed by atoms with Crippen molar-refractivity contribution in [3.05, 3.63) is 48.5 Å². The minimum atomic E-state index is -0.257. The zero-order valence-corrected chi connectivity index (χ0v) is 13.4. The largest absolute Gasteiger partial charge is 0.443 e. The second-order valence-corrected chi connectivity index (χ2v) is 5.34. The van der Waals surface area contributed by atoms with Crippen LogP contribution < -0.4 is 11.1 Å². The number of rotatable bonds is 6. The van der Waals surface area contributed by atoms with Crippen molar-refractivity contribution in [2.24, 2.45) is 0 Å². The molecule has 0 aliphatic carbocycles. The van der Waals surface area contributed by atoms with Crippen LogP contribution in [0.15, 0.2) is 47.2 Å². The van der Waals surface area contributed by atoms with Gasteiger partial charge in [0.2, 0.25) is 5.89 Å². The maximum atomic E-state index is 12.0. The van der Waals surface area contributed by atoms with Gasteiger partial charge in [-0.3, -0.25) is 4.79 Å². The average molecular weight is 325 g/mol. The number of nitrogens with one attached hydrogen (secondary N) is 1. The van der Waals surface area contributed by atoms with E-state index in [1.165, 1.54) is 6.26 Å². The van der Waals surface area contributed by atoms with Gasteiger partial charge in [-0.25, -0.2) is 9.67 Å². The molecule has 0 saturated heterocycles. The molecule has 0 fully saturated rings. The topological polar surface area (TPSA) is 99.0 Å². The first-order chi connectivity index (χ1) is 11.7. The minimum Gasteiger partial charge on any atom is -0.443 e. The summed E-state index contributed by atoms with van der Waals surface area (Å²) in [4.78, 5) is 16.2. The first kappa shape index (κ1) is 15.8. The number of hydrogen-bond acceptors (Lipinski definition) is 5. The maximum Gasteiger partial charge on any atom is 0.273 e. The second-order valence-electron chi connectivity index (χ2n) is 5.34. The lowest BCUT2D eigenvalue weighted by Crippen LogP contribution is -2.24. The van der Waals surface area contributed by atoms with E-state index in [1.54, 1.807) is 10.9 Å². The number of nitrogens with two attached hydrogens (primary N) is 1. The van der Waals surface area contributed by atoms with Crippen LogP contribution in [-0.2, 0) is 0 Å². The number of carbonyl (C=O) groups excluding carboxylic acids is 1. The Balaban J connectivity index is 1.81. The molecule has 0 spiro atoms. The number of para-hydroxylation sites is 1. The number of hydrogen-bond donors (Lipinski definition) is 2. The van der Waals surface area contributed by atoms with E-state index < -0.39 is 0 Å². The highest BCUT2D eigenvalue weighted by Crippen LogP contribution is 2.26. The molecule has 0 aliphatic rings. The third-order valence-electron chi connectivity index (χ3n) is 3.59. The third-order valence-corrected chi connectivity index (χ3v) is 3.59. The molecule has 7 heteroatoms. The van der Waals surface area contributed by atoms with Gasteiger partial charge < -0.3 is 15.5 Å². The highest BCUT2D eigenvalue weighted by molar-refractivity contribution is 5.92. The molecule has 1 amide bonds. The number of anilines is 1. The summed E-state index contributed by atoms with van der Waals surface area (Å²) in [5.41, 5.74) is 7.77. The third kappa shape index (κ3) is 3.15. The van der Waals surface area contributed by atoms with Crippen LogP contribution in [0, 0.1) is 0 Å². The summed E-state index contributed by atoms with van der Waals surface area (Å²) in [6, 6.07) is 9.52. The van der Waals surface area contributed by atoms with Gasteiger partial charge in [0.25, 0.3) is 5.91 Å². The van der Waals surface area contributed by atoms with Gasteiger partial charge in [0, 0.05) is 6.54 Å². The molecule has 0 aliphatic heterocycles. The van der Waals surface area contributed by atoms with Crippen LogP contribution in [0.1, 0.15) is 30.3 Å². The summed E-state index contributed by atoms with van der Waals surface area (Å²) in [7, 11) is 0. The Hall–Kier alpha value is -3.09. The number of oxazole rings is 1. The van der Waals surface area contributed by atoms with Gasteiger partial charge >= 0.3 is 0 Å². The molecule has 0 bridgehead atoms. The van der Waals surface area contributed by atoms with Gasteiger partial charge in [0.1, 0.15) is 12.1 Å². The van der Waals surface area contributed by atoms with Gasteiger partial charge in [-0.1, -0.05) is 31.5 Å². The molecule has 2 heterocycles. The Morgan fingerprint density at radius 2 is 2.12 bits per heavy atom. The molecular weight excluding hydrogens is 306 g/mol. The van der Waals surface area contributed by atoms with Crippen LogP contribution in [-0.4, -0.2) is 27.2 Å². The smallest absolute Gasteiger partial charge is 0.273 e. The summed E-state index contributed by atoms with van der Waals surface area (Å²) in [5.74, 6) is 0.420. The van der Waals surface area contributed by atoms with Crippen molar-refractivity contribution in [3.8, 4) is 17.1 Å². The predicted octanol–water partition coefficient (Wildman–Crippen LogP) is 2.64. The standard InChI is InChI=1S/C17H19N5O2/c1-2-3-9-19-16(23)14-11-24-17(21-14)13-10-20-22(15(13)18)12-7-5-4-6-8-12/h4-8,10-11H,2-3,9,18H2,1H3,(H,19,23). The molecule has 0 radical (unpaired) electrons. The van der Waals surface area contributed by atoms with E-state index in [4.69, 9.17) is 10.2 Å². The first-order valence-corrected chi connectivity index (χ1v) is 7.83. The van der Waals surface area contributed by atoms with Crippen LogP contribution in [0.4, 0.5) is 5.82 Å². The highest BCUT2D eigenvalue weighted by atomic mass is 16.3. The van der Waals surface area contributed by atoms with E-state index >= 15 is 0 Å². The van der Waals surface area contributed by atoms with Crippen LogP contribution >= 0.6 is 0 Å². The normalized spacial score (nSPS) is 10.7. The Kier molecular flexibility index (Phi) is 4.60. The Labute approximate surface area is 139 Å². The molecule has 0 atom stereocenters. The quantitative estimate of drug-likeness (QED) is 0.679. The number of nitrogens with zero attached hydrogens (tertiary/aromatic N) is 3. The Bertz CT molecular complexity index is 823. The Morgan fingerprint density at radius 1 is 1.33 bits per heavy atom. The fourth-order valence-electron chi connectivity index (χ4n) is 2.27. The summed E-state index contributed by atoms with van der Waals surface area (Å²) in [6.07, 6.45) is 4.84. The monoisotopic (exact) mass is 325 g/mol.